The van der Waals surface area contributed by atoms with Gasteiger partial charge in [-0.1, -0.05) is 0 Å². The van der Waals surface area contributed by atoms with E-state index in [1.54, 1.807) is 18.5 Å². The minimum atomic E-state index is -0.185. The molecule has 14 heavy (non-hydrogen) atoms. The van der Waals surface area contributed by atoms with Crippen molar-refractivity contribution in [2.45, 2.75) is 0 Å². The Labute approximate surface area is 77.3 Å². The maximum atomic E-state index is 11.8. The first-order valence-electron chi connectivity index (χ1n) is 4.03. The Balaban J connectivity index is 2.70. The molecular weight excluding hydrogens is 185 g/mol. The molecule has 1 N–H and O–H groups in total. The molecule has 0 atom stereocenters. The molecule has 0 saturated heterocycles. The largest absolute Gasteiger partial charge is 0.339 e. The lowest BCUT2D eigenvalue weighted by Gasteiger charge is -1.96. The van der Waals surface area contributed by atoms with Crippen LogP contribution in [-0.2, 0) is 0 Å². The lowest BCUT2D eigenvalue weighted by Crippen LogP contribution is -2.15. The average molecular weight is 190 g/mol. The predicted octanol–water partition coefficient (Wildman–Crippen LogP) is -0.0342. The summed E-state index contributed by atoms with van der Waals surface area (Å²) in [6.45, 7) is 0. The zero-order valence-corrected chi connectivity index (χ0v) is 7.01. The molecular formula is C8H5N5O. The lowest BCUT2D eigenvalue weighted by molar-refractivity contribution is 1.02. The van der Waals surface area contributed by atoms with E-state index in [0.717, 1.165) is 0 Å². The molecule has 6 nitrogen and oxygen atoms in total. The number of nitrogens with one attached hydrogen (secondary N) is 1. The fourth-order valence-corrected chi connectivity index (χ4v) is 1.35. The van der Waals surface area contributed by atoms with Gasteiger partial charge in [0.05, 0.1) is 6.33 Å². The molecule has 0 aliphatic carbocycles. The van der Waals surface area contributed by atoms with E-state index in [1.807, 2.05) is 0 Å². The summed E-state index contributed by atoms with van der Waals surface area (Å²) in [6, 6.07) is 1.68. The molecule has 0 amide bonds. The maximum Gasteiger partial charge on any atom is 0.285 e. The molecule has 6 heteroatoms. The zero-order valence-electron chi connectivity index (χ0n) is 7.01. The molecule has 3 rings (SSSR count). The van der Waals surface area contributed by atoms with Crippen molar-refractivity contribution >= 4 is 16.9 Å². The number of hydrogen-bond donors (Lipinski definition) is 1. The summed E-state index contributed by atoms with van der Waals surface area (Å²) < 4.78 is 1.38. The smallest absolute Gasteiger partial charge is 0.285 e. The van der Waals surface area contributed by atoms with Gasteiger partial charge in [-0.15, -0.1) is 0 Å². The van der Waals surface area contributed by atoms with Crippen molar-refractivity contribution in [3.05, 3.63) is 35.1 Å². The van der Waals surface area contributed by atoms with Crippen molar-refractivity contribution in [3.63, 3.8) is 0 Å². The molecule has 0 fully saturated rings. The van der Waals surface area contributed by atoms with E-state index in [-0.39, 0.29) is 5.56 Å². The summed E-state index contributed by atoms with van der Waals surface area (Å²) in [6.07, 6.45) is 4.65. The van der Waals surface area contributed by atoms with Crippen LogP contribution in [0.25, 0.3) is 16.9 Å². The van der Waals surface area contributed by atoms with Gasteiger partial charge in [0.2, 0.25) is 5.78 Å². The van der Waals surface area contributed by atoms with Gasteiger partial charge >= 0.3 is 0 Å². The van der Waals surface area contributed by atoms with Crippen LogP contribution in [0.5, 0.6) is 0 Å². The summed E-state index contributed by atoms with van der Waals surface area (Å²) in [5.41, 5.74) is 0.611. The number of nitrogens with zero attached hydrogens (tertiary/aromatic N) is 4. The highest BCUT2D eigenvalue weighted by molar-refractivity contribution is 5.70. The fraction of sp³-hybridized carbons (Fsp3) is 0. The normalized spacial score (nSPS) is 11.1. The number of imidazole rings is 1. The van der Waals surface area contributed by atoms with Crippen LogP contribution in [0.3, 0.4) is 0 Å². The molecule has 3 heterocycles. The Morgan fingerprint density at radius 3 is 3.21 bits per heavy atom. The SMILES string of the molecule is O=c1c2[nH]cnc2nc2n[13cH][13cH][13cH]n12. The Kier molecular flexibility index (Phi) is 1.22. The summed E-state index contributed by atoms with van der Waals surface area (Å²) >= 11 is 0. The number of hydrogen-bond acceptors (Lipinski definition) is 4. The first kappa shape index (κ1) is 7.19. The van der Waals surface area contributed by atoms with Crippen molar-refractivity contribution in [3.8, 4) is 0 Å². The van der Waals surface area contributed by atoms with Crippen LogP contribution in [-0.4, -0.2) is 24.3 Å². The number of rotatable bonds is 0. The van der Waals surface area contributed by atoms with E-state index >= 15 is 0 Å². The van der Waals surface area contributed by atoms with Crippen molar-refractivity contribution in [1.29, 1.82) is 0 Å². The summed E-state index contributed by atoms with van der Waals surface area (Å²) in [5.74, 6) is 0.358. The molecule has 68 valence electrons. The number of fused-ring (bicyclic) bond motifs is 2. The van der Waals surface area contributed by atoms with Gasteiger partial charge < -0.3 is 4.98 Å². The minimum Gasteiger partial charge on any atom is -0.339 e. The molecule has 0 aliphatic rings. The zero-order chi connectivity index (χ0) is 9.54. The minimum absolute atomic E-state index is 0.185. The number of aromatic amines is 1. The van der Waals surface area contributed by atoms with E-state index in [9.17, 15) is 4.79 Å². The third-order valence-electron chi connectivity index (χ3n) is 1.98. The average Bonchev–Trinajstić information content (AvgIpc) is 2.66. The van der Waals surface area contributed by atoms with Gasteiger partial charge in [-0.25, -0.2) is 14.4 Å². The third-order valence-corrected chi connectivity index (χ3v) is 1.98. The van der Waals surface area contributed by atoms with Crippen LogP contribution in [0.2, 0.25) is 0 Å². The summed E-state index contributed by atoms with van der Waals surface area (Å²) in [7, 11) is 0. The first-order chi connectivity index (χ1) is 6.86. The van der Waals surface area contributed by atoms with E-state index in [2.05, 4.69) is 19.9 Å². The van der Waals surface area contributed by atoms with Gasteiger partial charge in [0, 0.05) is 12.4 Å². The predicted molar refractivity (Wildman–Crippen MR) is 48.9 cm³/mol. The molecule has 3 aromatic heterocycles. The van der Waals surface area contributed by atoms with Crippen LogP contribution in [0.15, 0.2) is 29.6 Å². The van der Waals surface area contributed by atoms with Gasteiger partial charge in [0.1, 0.15) is 0 Å². The molecule has 0 bridgehead atoms. The van der Waals surface area contributed by atoms with E-state index in [1.165, 1.54) is 10.7 Å². The van der Waals surface area contributed by atoms with Crippen molar-refractivity contribution in [2.75, 3.05) is 0 Å². The summed E-state index contributed by atoms with van der Waals surface area (Å²) in [5, 5.41) is 0. The highest BCUT2D eigenvalue weighted by Gasteiger charge is 2.06. The van der Waals surface area contributed by atoms with Crippen LogP contribution < -0.4 is 5.56 Å². The van der Waals surface area contributed by atoms with Crippen LogP contribution in [0, 0.1) is 0 Å². The summed E-state index contributed by atoms with van der Waals surface area (Å²) in [4.78, 5) is 26.5. The standard InChI is InChI=1S/C8H5N5O/c14-7-5-6(11-4-10-5)12-8-9-2-1-3-13(7)8/h1-4H,(H,10,11)/i1+1,2+1,3+1. The quantitative estimate of drug-likeness (QED) is 0.539. The van der Waals surface area contributed by atoms with Crippen molar-refractivity contribution in [1.82, 2.24) is 24.3 Å². The molecule has 0 saturated carbocycles. The number of aromatic nitrogens is 5. The molecule has 0 radical (unpaired) electrons. The van der Waals surface area contributed by atoms with E-state index in [4.69, 9.17) is 0 Å². The van der Waals surface area contributed by atoms with Crippen LogP contribution in [0.1, 0.15) is 0 Å². The third kappa shape index (κ3) is 0.792. The Hall–Kier alpha value is -2.24. The van der Waals surface area contributed by atoms with Crippen molar-refractivity contribution in [2.24, 2.45) is 0 Å². The second-order valence-electron chi connectivity index (χ2n) is 2.81. The van der Waals surface area contributed by atoms with E-state index in [0.29, 0.717) is 16.9 Å². The van der Waals surface area contributed by atoms with Crippen LogP contribution in [0.4, 0.5) is 0 Å². The molecule has 0 spiro atoms. The topological polar surface area (TPSA) is 75.9 Å². The van der Waals surface area contributed by atoms with Crippen molar-refractivity contribution < 1.29 is 0 Å². The van der Waals surface area contributed by atoms with Crippen LogP contribution >= 0.6 is 0 Å². The second-order valence-corrected chi connectivity index (χ2v) is 2.81. The molecule has 3 aromatic rings. The Morgan fingerprint density at radius 2 is 2.29 bits per heavy atom. The van der Waals surface area contributed by atoms with E-state index < -0.39 is 0 Å². The fourth-order valence-electron chi connectivity index (χ4n) is 1.35. The first-order valence-corrected chi connectivity index (χ1v) is 4.03. The monoisotopic (exact) mass is 190 g/mol. The Bertz CT molecular complexity index is 668. The highest BCUT2D eigenvalue weighted by atomic mass is 16.1. The van der Waals surface area contributed by atoms with Gasteiger partial charge in [-0.05, 0) is 6.07 Å². The lowest BCUT2D eigenvalue weighted by atomic mass is 10.5. The molecule has 0 unspecified atom stereocenters. The van der Waals surface area contributed by atoms with Gasteiger partial charge in [0.25, 0.3) is 5.56 Å². The molecule has 0 aliphatic heterocycles. The van der Waals surface area contributed by atoms with Gasteiger partial charge in [-0.3, -0.25) is 4.79 Å². The number of H-pyrrole nitrogens is 1. The maximum absolute atomic E-state index is 11.8. The highest BCUT2D eigenvalue weighted by Crippen LogP contribution is 2.00. The van der Waals surface area contributed by atoms with Gasteiger partial charge in [-0.2, -0.15) is 4.98 Å². The Morgan fingerprint density at radius 1 is 1.36 bits per heavy atom. The molecule has 0 aromatic carbocycles. The second kappa shape index (κ2) is 2.38. The van der Waals surface area contributed by atoms with Gasteiger partial charge in [0.15, 0.2) is 11.2 Å².